The van der Waals surface area contributed by atoms with Crippen LogP contribution in [0, 0.1) is 0 Å². The molecule has 0 aromatic carbocycles. The summed E-state index contributed by atoms with van der Waals surface area (Å²) in [5.74, 6) is 0.645. The number of nitrogens with one attached hydrogen (secondary N) is 1. The fourth-order valence-corrected chi connectivity index (χ4v) is 1.74. The third kappa shape index (κ3) is 3.84. The van der Waals surface area contributed by atoms with Crippen LogP contribution in [-0.4, -0.2) is 22.0 Å². The van der Waals surface area contributed by atoms with Crippen molar-refractivity contribution in [3.8, 4) is 5.75 Å². The minimum absolute atomic E-state index is 0.0138. The lowest BCUT2D eigenvalue weighted by Crippen LogP contribution is -2.32. The van der Waals surface area contributed by atoms with Crippen LogP contribution >= 0.6 is 0 Å². The zero-order chi connectivity index (χ0) is 13.7. The first-order valence-electron chi connectivity index (χ1n) is 6.12. The van der Waals surface area contributed by atoms with Crippen LogP contribution in [0.1, 0.15) is 29.5 Å². The average molecular weight is 260 g/mol. The normalized spacial score (nSPS) is 12.1. The summed E-state index contributed by atoms with van der Waals surface area (Å²) >= 11 is 0. The van der Waals surface area contributed by atoms with Gasteiger partial charge in [0.1, 0.15) is 11.5 Å². The van der Waals surface area contributed by atoms with E-state index in [1.165, 1.54) is 18.5 Å². The van der Waals surface area contributed by atoms with Gasteiger partial charge < -0.3 is 14.8 Å². The number of aromatic nitrogens is 1. The number of amides is 1. The molecule has 0 spiro atoms. The summed E-state index contributed by atoms with van der Waals surface area (Å²) in [6.45, 7) is 1.93. The maximum absolute atomic E-state index is 11.9. The van der Waals surface area contributed by atoms with Crippen molar-refractivity contribution in [2.24, 2.45) is 0 Å². The van der Waals surface area contributed by atoms with Crippen molar-refractivity contribution in [1.29, 1.82) is 0 Å². The summed E-state index contributed by atoms with van der Waals surface area (Å²) in [6.07, 6.45) is 5.90. The van der Waals surface area contributed by atoms with Crippen molar-refractivity contribution in [1.82, 2.24) is 10.3 Å². The molecule has 0 fully saturated rings. The molecule has 0 saturated heterocycles. The van der Waals surface area contributed by atoms with Crippen LogP contribution in [0.5, 0.6) is 5.75 Å². The Kier molecular flexibility index (Phi) is 4.18. The third-order valence-corrected chi connectivity index (χ3v) is 2.77. The Morgan fingerprint density at radius 2 is 2.37 bits per heavy atom. The first kappa shape index (κ1) is 13.1. The summed E-state index contributed by atoms with van der Waals surface area (Å²) in [4.78, 5) is 15.7. The van der Waals surface area contributed by atoms with Gasteiger partial charge in [-0.1, -0.05) is 0 Å². The van der Waals surface area contributed by atoms with Crippen LogP contribution < -0.4 is 5.32 Å². The van der Waals surface area contributed by atoms with Crippen molar-refractivity contribution in [2.45, 2.75) is 25.8 Å². The van der Waals surface area contributed by atoms with E-state index in [1.807, 2.05) is 19.1 Å². The van der Waals surface area contributed by atoms with Crippen molar-refractivity contribution in [3.63, 3.8) is 0 Å². The number of furan rings is 1. The lowest BCUT2D eigenvalue weighted by atomic mass is 10.1. The molecule has 2 aromatic rings. The van der Waals surface area contributed by atoms with Crippen LogP contribution in [0.2, 0.25) is 0 Å². The Morgan fingerprint density at radius 3 is 3.05 bits per heavy atom. The molecule has 0 aliphatic carbocycles. The van der Waals surface area contributed by atoms with E-state index >= 15 is 0 Å². The molecule has 1 amide bonds. The van der Waals surface area contributed by atoms with E-state index in [2.05, 4.69) is 10.3 Å². The minimum atomic E-state index is -0.240. The number of carbonyl (C=O) groups is 1. The third-order valence-electron chi connectivity index (χ3n) is 2.77. The summed E-state index contributed by atoms with van der Waals surface area (Å²) < 4.78 is 5.23. The Labute approximate surface area is 111 Å². The van der Waals surface area contributed by atoms with Gasteiger partial charge in [0.2, 0.25) is 0 Å². The molecule has 2 aromatic heterocycles. The number of aryl methyl sites for hydroxylation is 1. The van der Waals surface area contributed by atoms with Gasteiger partial charge in [-0.25, -0.2) is 0 Å². The second-order valence-electron chi connectivity index (χ2n) is 4.42. The number of carbonyl (C=O) groups excluding carboxylic acids is 1. The fourth-order valence-electron chi connectivity index (χ4n) is 1.74. The molecule has 100 valence electrons. The Morgan fingerprint density at radius 1 is 1.53 bits per heavy atom. The van der Waals surface area contributed by atoms with Crippen molar-refractivity contribution in [3.05, 3.63) is 48.2 Å². The molecule has 0 aliphatic rings. The Balaban J connectivity index is 1.84. The maximum Gasteiger partial charge on any atom is 0.253 e. The molecular formula is C14H16N2O3. The van der Waals surface area contributed by atoms with E-state index in [0.717, 1.165) is 18.6 Å². The highest BCUT2D eigenvalue weighted by molar-refractivity contribution is 5.94. The van der Waals surface area contributed by atoms with Crippen LogP contribution in [-0.2, 0) is 6.42 Å². The van der Waals surface area contributed by atoms with Crippen LogP contribution in [0.4, 0.5) is 0 Å². The quantitative estimate of drug-likeness (QED) is 0.863. The van der Waals surface area contributed by atoms with E-state index in [-0.39, 0.29) is 17.7 Å². The van der Waals surface area contributed by atoms with Gasteiger partial charge in [0.15, 0.2) is 0 Å². The van der Waals surface area contributed by atoms with Crippen LogP contribution in [0.3, 0.4) is 0 Å². The van der Waals surface area contributed by atoms with Gasteiger partial charge in [-0.2, -0.15) is 0 Å². The largest absolute Gasteiger partial charge is 0.506 e. The van der Waals surface area contributed by atoms with Gasteiger partial charge in [0.05, 0.1) is 18.0 Å². The second-order valence-corrected chi connectivity index (χ2v) is 4.42. The predicted molar refractivity (Wildman–Crippen MR) is 69.9 cm³/mol. The topological polar surface area (TPSA) is 75.4 Å². The standard InChI is InChI=1S/C14H16N2O3/c1-10(4-5-13-3-2-6-19-13)16-14(18)11-7-12(17)9-15-8-11/h2-3,6-10,17H,4-5H2,1H3,(H,16,18). The molecule has 2 rings (SSSR count). The molecule has 1 atom stereocenters. The predicted octanol–water partition coefficient (Wildman–Crippen LogP) is 2.13. The van der Waals surface area contributed by atoms with Crippen molar-refractivity contribution >= 4 is 5.91 Å². The maximum atomic E-state index is 11.9. The number of pyridine rings is 1. The Bertz CT molecular complexity index is 537. The van der Waals surface area contributed by atoms with Gasteiger partial charge in [0.25, 0.3) is 5.91 Å². The first-order chi connectivity index (χ1) is 9.15. The monoisotopic (exact) mass is 260 g/mol. The number of hydrogen-bond acceptors (Lipinski definition) is 4. The van der Waals surface area contributed by atoms with Gasteiger partial charge in [0, 0.05) is 18.7 Å². The molecule has 19 heavy (non-hydrogen) atoms. The summed E-state index contributed by atoms with van der Waals surface area (Å²) in [6, 6.07) is 5.16. The lowest BCUT2D eigenvalue weighted by Gasteiger charge is -2.13. The molecule has 0 radical (unpaired) electrons. The van der Waals surface area contributed by atoms with Crippen LogP contribution in [0.25, 0.3) is 0 Å². The van der Waals surface area contributed by atoms with E-state index in [0.29, 0.717) is 5.56 Å². The zero-order valence-corrected chi connectivity index (χ0v) is 10.7. The molecule has 0 aliphatic heterocycles. The molecule has 0 bridgehead atoms. The second kappa shape index (κ2) is 6.04. The Hall–Kier alpha value is -2.30. The summed E-state index contributed by atoms with van der Waals surface area (Å²) in [7, 11) is 0. The molecule has 0 saturated carbocycles. The molecular weight excluding hydrogens is 244 g/mol. The number of rotatable bonds is 5. The van der Waals surface area contributed by atoms with Crippen LogP contribution in [0.15, 0.2) is 41.3 Å². The molecule has 5 nitrogen and oxygen atoms in total. The number of hydrogen-bond donors (Lipinski definition) is 2. The highest BCUT2D eigenvalue weighted by Crippen LogP contribution is 2.10. The molecule has 5 heteroatoms. The zero-order valence-electron chi connectivity index (χ0n) is 10.7. The summed E-state index contributed by atoms with van der Waals surface area (Å²) in [5, 5.41) is 12.1. The lowest BCUT2D eigenvalue weighted by molar-refractivity contribution is 0.0937. The van der Waals surface area contributed by atoms with Gasteiger partial charge >= 0.3 is 0 Å². The molecule has 2 heterocycles. The first-order valence-corrected chi connectivity index (χ1v) is 6.12. The van der Waals surface area contributed by atoms with Gasteiger partial charge in [-0.3, -0.25) is 9.78 Å². The highest BCUT2D eigenvalue weighted by Gasteiger charge is 2.11. The summed E-state index contributed by atoms with van der Waals surface area (Å²) in [5.41, 5.74) is 0.352. The highest BCUT2D eigenvalue weighted by atomic mass is 16.3. The van der Waals surface area contributed by atoms with E-state index < -0.39 is 0 Å². The van der Waals surface area contributed by atoms with E-state index in [4.69, 9.17) is 4.42 Å². The van der Waals surface area contributed by atoms with Crippen molar-refractivity contribution < 1.29 is 14.3 Å². The van der Waals surface area contributed by atoms with E-state index in [9.17, 15) is 9.90 Å². The average Bonchev–Trinajstić information content (AvgIpc) is 2.89. The smallest absolute Gasteiger partial charge is 0.253 e. The molecule has 2 N–H and O–H groups in total. The van der Waals surface area contributed by atoms with Crippen molar-refractivity contribution in [2.75, 3.05) is 0 Å². The van der Waals surface area contributed by atoms with Gasteiger partial charge in [-0.15, -0.1) is 0 Å². The minimum Gasteiger partial charge on any atom is -0.506 e. The SMILES string of the molecule is CC(CCc1ccco1)NC(=O)c1cncc(O)c1. The fraction of sp³-hybridized carbons (Fsp3) is 0.286. The molecule has 1 unspecified atom stereocenters. The van der Waals surface area contributed by atoms with E-state index in [1.54, 1.807) is 6.26 Å². The number of aromatic hydroxyl groups is 1. The number of nitrogens with zero attached hydrogens (tertiary/aromatic N) is 1. The van der Waals surface area contributed by atoms with Gasteiger partial charge in [-0.05, 0) is 31.5 Å².